The van der Waals surface area contributed by atoms with Gasteiger partial charge in [-0.15, -0.1) is 0 Å². The van der Waals surface area contributed by atoms with Crippen molar-refractivity contribution in [2.45, 2.75) is 37.8 Å². The molecular weight excluding hydrogens is 568 g/mol. The number of phenolic OH excluding ortho intramolecular Hbond substituents is 2. The van der Waals surface area contributed by atoms with E-state index in [-0.39, 0.29) is 23.6 Å². The zero-order valence-electron chi connectivity index (χ0n) is 26.7. The molecule has 0 aliphatic carbocycles. The SMILES string of the molecule is COc1cc2c(cc1O)CCN(C)[C@H]2Cc1ccc(O)c(Oc2ccc(C[C@H]3c4cc(OC)c(OC)cc4CCN3C)cc2)c1. The number of nitrogens with zero attached hydrogens (tertiary/aromatic N) is 2. The van der Waals surface area contributed by atoms with Gasteiger partial charge in [-0.25, -0.2) is 0 Å². The smallest absolute Gasteiger partial charge is 0.169 e. The fraction of sp³-hybridized carbons (Fsp3) is 0.351. The molecule has 8 heteroatoms. The number of phenols is 2. The van der Waals surface area contributed by atoms with Crippen molar-refractivity contribution >= 4 is 0 Å². The van der Waals surface area contributed by atoms with Crippen LogP contribution in [0.25, 0.3) is 0 Å². The van der Waals surface area contributed by atoms with E-state index in [0.29, 0.717) is 17.2 Å². The number of ether oxygens (including phenoxy) is 4. The van der Waals surface area contributed by atoms with Crippen molar-refractivity contribution in [1.82, 2.24) is 9.80 Å². The van der Waals surface area contributed by atoms with Gasteiger partial charge in [0.25, 0.3) is 0 Å². The van der Waals surface area contributed by atoms with Crippen molar-refractivity contribution in [3.63, 3.8) is 0 Å². The highest BCUT2D eigenvalue weighted by atomic mass is 16.5. The number of hydrogen-bond donors (Lipinski definition) is 2. The Labute approximate surface area is 265 Å². The summed E-state index contributed by atoms with van der Waals surface area (Å²) in [6, 6.07) is 22.0. The van der Waals surface area contributed by atoms with Crippen molar-refractivity contribution < 1.29 is 29.2 Å². The summed E-state index contributed by atoms with van der Waals surface area (Å²) in [7, 11) is 9.21. The number of methoxy groups -OCH3 is 3. The second-order valence-corrected chi connectivity index (χ2v) is 12.1. The first-order valence-electron chi connectivity index (χ1n) is 15.4. The minimum absolute atomic E-state index is 0.0941. The molecule has 4 aromatic rings. The molecule has 2 atom stereocenters. The number of rotatable bonds is 9. The first kappa shape index (κ1) is 30.6. The Balaban J connectivity index is 1.18. The Morgan fingerprint density at radius 2 is 1.13 bits per heavy atom. The van der Waals surface area contributed by atoms with Crippen LogP contribution in [0.2, 0.25) is 0 Å². The molecular formula is C37H42N2O6. The van der Waals surface area contributed by atoms with Gasteiger partial charge >= 0.3 is 0 Å². The van der Waals surface area contributed by atoms with Crippen LogP contribution in [-0.4, -0.2) is 68.5 Å². The van der Waals surface area contributed by atoms with Crippen molar-refractivity contribution in [2.75, 3.05) is 48.5 Å². The lowest BCUT2D eigenvalue weighted by Gasteiger charge is -2.35. The molecule has 0 unspecified atom stereocenters. The molecule has 0 radical (unpaired) electrons. The number of aromatic hydroxyl groups is 2. The summed E-state index contributed by atoms with van der Waals surface area (Å²) in [6.45, 7) is 1.86. The molecule has 0 aromatic heterocycles. The van der Waals surface area contributed by atoms with Gasteiger partial charge in [-0.05, 0) is 122 Å². The highest BCUT2D eigenvalue weighted by molar-refractivity contribution is 5.51. The molecule has 2 N–H and O–H groups in total. The maximum atomic E-state index is 10.7. The Kier molecular flexibility index (Phi) is 8.79. The largest absolute Gasteiger partial charge is 0.504 e. The number of hydrogen-bond acceptors (Lipinski definition) is 8. The van der Waals surface area contributed by atoms with Crippen LogP contribution in [0.15, 0.2) is 66.7 Å². The van der Waals surface area contributed by atoms with E-state index in [1.54, 1.807) is 27.4 Å². The molecule has 0 fully saturated rings. The molecule has 6 rings (SSSR count). The third-order valence-corrected chi connectivity index (χ3v) is 9.37. The molecule has 0 spiro atoms. The molecule has 2 aliphatic heterocycles. The first-order chi connectivity index (χ1) is 21.8. The summed E-state index contributed by atoms with van der Waals surface area (Å²) in [5, 5.41) is 21.0. The molecule has 236 valence electrons. The van der Waals surface area contributed by atoms with E-state index < -0.39 is 0 Å². The summed E-state index contributed by atoms with van der Waals surface area (Å²) in [4.78, 5) is 4.71. The predicted octanol–water partition coefficient (Wildman–Crippen LogP) is 6.46. The third-order valence-electron chi connectivity index (χ3n) is 9.37. The van der Waals surface area contributed by atoms with Crippen molar-refractivity contribution in [1.29, 1.82) is 0 Å². The van der Waals surface area contributed by atoms with E-state index in [2.05, 4.69) is 48.2 Å². The predicted molar refractivity (Wildman–Crippen MR) is 174 cm³/mol. The van der Waals surface area contributed by atoms with Crippen LogP contribution in [0.1, 0.15) is 45.5 Å². The second kappa shape index (κ2) is 12.9. The van der Waals surface area contributed by atoms with Crippen LogP contribution >= 0.6 is 0 Å². The van der Waals surface area contributed by atoms with Crippen LogP contribution in [0.3, 0.4) is 0 Å². The molecule has 0 saturated heterocycles. The molecule has 2 heterocycles. The topological polar surface area (TPSA) is 83.9 Å². The quantitative estimate of drug-likeness (QED) is 0.224. The Morgan fingerprint density at radius 3 is 1.76 bits per heavy atom. The lowest BCUT2D eigenvalue weighted by atomic mass is 9.88. The van der Waals surface area contributed by atoms with E-state index >= 15 is 0 Å². The molecule has 0 bridgehead atoms. The van der Waals surface area contributed by atoms with Gasteiger partial charge in [0.1, 0.15) is 5.75 Å². The van der Waals surface area contributed by atoms with Gasteiger partial charge in [0.2, 0.25) is 0 Å². The van der Waals surface area contributed by atoms with E-state index in [1.807, 2.05) is 36.4 Å². The van der Waals surface area contributed by atoms with Crippen LogP contribution in [0.4, 0.5) is 0 Å². The molecule has 4 aromatic carbocycles. The minimum Gasteiger partial charge on any atom is -0.504 e. The Bertz CT molecular complexity index is 1670. The van der Waals surface area contributed by atoms with E-state index in [0.717, 1.165) is 67.0 Å². The molecule has 2 aliphatic rings. The third kappa shape index (κ3) is 6.26. The summed E-state index contributed by atoms with van der Waals surface area (Å²) in [5.74, 6) is 3.34. The second-order valence-electron chi connectivity index (χ2n) is 12.1. The fourth-order valence-corrected chi connectivity index (χ4v) is 6.73. The summed E-state index contributed by atoms with van der Waals surface area (Å²) < 4.78 is 22.8. The van der Waals surface area contributed by atoms with Crippen LogP contribution < -0.4 is 18.9 Å². The van der Waals surface area contributed by atoms with Crippen LogP contribution in [0.5, 0.6) is 40.2 Å². The highest BCUT2D eigenvalue weighted by Crippen LogP contribution is 2.41. The Hall–Kier alpha value is -4.40. The lowest BCUT2D eigenvalue weighted by Crippen LogP contribution is -2.33. The van der Waals surface area contributed by atoms with Gasteiger partial charge < -0.3 is 29.2 Å². The zero-order valence-corrected chi connectivity index (χ0v) is 26.7. The number of benzene rings is 4. The maximum Gasteiger partial charge on any atom is 0.169 e. The lowest BCUT2D eigenvalue weighted by molar-refractivity contribution is 0.228. The average molecular weight is 611 g/mol. The van der Waals surface area contributed by atoms with Gasteiger partial charge in [0.15, 0.2) is 34.5 Å². The van der Waals surface area contributed by atoms with Crippen molar-refractivity contribution in [3.05, 3.63) is 100 Å². The van der Waals surface area contributed by atoms with E-state index in [9.17, 15) is 10.2 Å². The molecule has 0 saturated carbocycles. The minimum atomic E-state index is 0.0941. The van der Waals surface area contributed by atoms with Crippen LogP contribution in [0, 0.1) is 0 Å². The molecule has 0 amide bonds. The van der Waals surface area contributed by atoms with Gasteiger partial charge in [0, 0.05) is 25.2 Å². The van der Waals surface area contributed by atoms with Gasteiger partial charge in [0.05, 0.1) is 21.3 Å². The average Bonchev–Trinajstić information content (AvgIpc) is 3.05. The Morgan fingerprint density at radius 1 is 0.600 bits per heavy atom. The summed E-state index contributed by atoms with van der Waals surface area (Å²) in [6.07, 6.45) is 3.41. The van der Waals surface area contributed by atoms with Crippen molar-refractivity contribution in [3.8, 4) is 40.2 Å². The van der Waals surface area contributed by atoms with E-state index in [1.165, 1.54) is 16.7 Å². The normalized spacial score (nSPS) is 18.2. The zero-order chi connectivity index (χ0) is 31.7. The molecule has 8 nitrogen and oxygen atoms in total. The standard InChI is InChI=1S/C37H42N2O6/c1-38-15-13-26-20-36(43-4)37(44-5)22-29(26)30(38)16-23-6-9-27(10-7-23)45-35-18-24(8-11-32(35)40)17-31-28-21-34(42-3)33(41)19-25(28)12-14-39(31)2/h6-11,18-22,30-31,40-41H,12-17H2,1-5H3/t30-,31-/m0/s1. The van der Waals surface area contributed by atoms with Crippen molar-refractivity contribution in [2.24, 2.45) is 0 Å². The summed E-state index contributed by atoms with van der Waals surface area (Å²) >= 11 is 0. The molecule has 45 heavy (non-hydrogen) atoms. The number of likely N-dealkylation sites (N-methyl/N-ethyl adjacent to an activating group) is 2. The number of fused-ring (bicyclic) bond motifs is 2. The van der Waals surface area contributed by atoms with E-state index in [4.69, 9.17) is 18.9 Å². The highest BCUT2D eigenvalue weighted by Gasteiger charge is 2.28. The van der Waals surface area contributed by atoms with Gasteiger partial charge in [-0.1, -0.05) is 18.2 Å². The first-order valence-corrected chi connectivity index (χ1v) is 15.4. The van der Waals surface area contributed by atoms with Crippen LogP contribution in [-0.2, 0) is 25.7 Å². The van der Waals surface area contributed by atoms with Gasteiger partial charge in [-0.2, -0.15) is 0 Å². The fourth-order valence-electron chi connectivity index (χ4n) is 6.73. The monoisotopic (exact) mass is 610 g/mol. The van der Waals surface area contributed by atoms with Gasteiger partial charge in [-0.3, -0.25) is 9.80 Å². The summed E-state index contributed by atoms with van der Waals surface area (Å²) in [5.41, 5.74) is 7.08. The maximum absolute atomic E-state index is 10.7.